The second-order valence-electron chi connectivity index (χ2n) is 4.00. The maximum atomic E-state index is 7.35. The zero-order valence-electron chi connectivity index (χ0n) is 10.8. The Balaban J connectivity index is 2.86. The fraction of sp³-hybridized carbons (Fsp3) is 0.214. The minimum Gasteiger partial charge on any atom is -0.252 e. The van der Waals surface area contributed by atoms with E-state index in [9.17, 15) is 0 Å². The standard InChI is InChI=1S/C14H14BN/c1-9-10(2)13-6-4-5-12(7-8-15)14(13)16-11(9)3/h4-8H,1-3H3/b8-7+/i8D. The zero-order chi connectivity index (χ0) is 12.6. The van der Waals surface area contributed by atoms with Gasteiger partial charge in [-0.05, 0) is 37.5 Å². The molecule has 0 aliphatic carbocycles. The molecular weight excluding hydrogens is 193 g/mol. The van der Waals surface area contributed by atoms with Crippen LogP contribution in [0, 0.1) is 20.8 Å². The highest BCUT2D eigenvalue weighted by Crippen LogP contribution is 2.25. The molecule has 2 rings (SSSR count). The molecule has 0 bridgehead atoms. The van der Waals surface area contributed by atoms with Gasteiger partial charge in [0.05, 0.1) is 5.52 Å². The Kier molecular flexibility index (Phi) is 2.49. The fourth-order valence-corrected chi connectivity index (χ4v) is 1.92. The summed E-state index contributed by atoms with van der Waals surface area (Å²) >= 11 is 0. The summed E-state index contributed by atoms with van der Waals surface area (Å²) in [6.45, 7) is 6.19. The van der Waals surface area contributed by atoms with E-state index in [1.807, 2.05) is 19.1 Å². The van der Waals surface area contributed by atoms with E-state index < -0.39 is 0 Å². The van der Waals surface area contributed by atoms with Gasteiger partial charge in [-0.25, -0.2) is 0 Å². The Morgan fingerprint density at radius 2 is 2.00 bits per heavy atom. The highest BCUT2D eigenvalue weighted by Gasteiger charge is 2.07. The summed E-state index contributed by atoms with van der Waals surface area (Å²) in [5.41, 5.74) is 5.31. The maximum Gasteiger partial charge on any atom is 0.102 e. The van der Waals surface area contributed by atoms with E-state index >= 15 is 0 Å². The number of pyridine rings is 1. The molecule has 0 aliphatic rings. The summed E-state index contributed by atoms with van der Waals surface area (Å²) in [4.78, 5) is 4.61. The smallest absolute Gasteiger partial charge is 0.102 e. The summed E-state index contributed by atoms with van der Waals surface area (Å²) in [6, 6.07) is 5.97. The number of hydrogen-bond donors (Lipinski definition) is 0. The van der Waals surface area contributed by atoms with Crippen molar-refractivity contribution in [2.45, 2.75) is 20.8 Å². The van der Waals surface area contributed by atoms with Gasteiger partial charge in [-0.3, -0.25) is 4.98 Å². The van der Waals surface area contributed by atoms with Gasteiger partial charge in [0.2, 0.25) is 0 Å². The molecule has 2 radical (unpaired) electrons. The molecule has 16 heavy (non-hydrogen) atoms. The van der Waals surface area contributed by atoms with Gasteiger partial charge in [0.25, 0.3) is 0 Å². The Bertz CT molecular complexity index is 613. The molecule has 2 heteroatoms. The van der Waals surface area contributed by atoms with Gasteiger partial charge in [0.1, 0.15) is 7.85 Å². The van der Waals surface area contributed by atoms with Crippen LogP contribution in [0.1, 0.15) is 23.8 Å². The first-order chi connectivity index (χ1) is 8.00. The first kappa shape index (κ1) is 9.65. The second-order valence-corrected chi connectivity index (χ2v) is 4.00. The van der Waals surface area contributed by atoms with E-state index in [1.165, 1.54) is 11.1 Å². The molecule has 0 atom stereocenters. The van der Waals surface area contributed by atoms with E-state index in [0.717, 1.165) is 22.2 Å². The lowest BCUT2D eigenvalue weighted by Crippen LogP contribution is -1.95. The number of aryl methyl sites for hydroxylation is 2. The van der Waals surface area contributed by atoms with Crippen LogP contribution in [-0.4, -0.2) is 12.8 Å². The van der Waals surface area contributed by atoms with Crippen molar-refractivity contribution in [1.82, 2.24) is 4.98 Å². The SMILES string of the molecule is [2H]/C([B])=C\c1cccc2c(C)c(C)c(C)nc12. The molecular formula is C14H14BN. The van der Waals surface area contributed by atoms with E-state index in [0.29, 0.717) is 0 Å². The molecule has 0 unspecified atom stereocenters. The third kappa shape index (κ3) is 1.65. The molecule has 0 aliphatic heterocycles. The first-order valence-corrected chi connectivity index (χ1v) is 5.31. The van der Waals surface area contributed by atoms with Gasteiger partial charge < -0.3 is 0 Å². The molecule has 0 saturated carbocycles. The Morgan fingerprint density at radius 3 is 2.69 bits per heavy atom. The minimum atomic E-state index is 0.0511. The molecule has 2 aromatic rings. The predicted octanol–water partition coefficient (Wildman–Crippen LogP) is 3.30. The molecule has 1 aromatic heterocycles. The molecule has 78 valence electrons. The fourth-order valence-electron chi connectivity index (χ4n) is 1.92. The molecule has 1 heterocycles. The topological polar surface area (TPSA) is 12.9 Å². The van der Waals surface area contributed by atoms with Crippen LogP contribution in [0.5, 0.6) is 0 Å². The van der Waals surface area contributed by atoms with Crippen LogP contribution in [0.25, 0.3) is 17.0 Å². The lowest BCUT2D eigenvalue weighted by Gasteiger charge is -2.10. The van der Waals surface area contributed by atoms with Crippen molar-refractivity contribution >= 4 is 24.8 Å². The zero-order valence-corrected chi connectivity index (χ0v) is 9.83. The van der Waals surface area contributed by atoms with Crippen molar-refractivity contribution in [3.05, 3.63) is 46.5 Å². The number of benzene rings is 1. The number of fused-ring (bicyclic) bond motifs is 1. The molecule has 1 aromatic carbocycles. The number of hydrogen-bond acceptors (Lipinski definition) is 1. The number of nitrogens with zero attached hydrogens (tertiary/aromatic N) is 1. The molecule has 0 N–H and O–H groups in total. The third-order valence-corrected chi connectivity index (χ3v) is 3.09. The van der Waals surface area contributed by atoms with Gasteiger partial charge in [0.15, 0.2) is 0 Å². The summed E-state index contributed by atoms with van der Waals surface area (Å²) in [5, 5.41) is 1.13. The molecule has 0 spiro atoms. The van der Waals surface area contributed by atoms with E-state index in [4.69, 9.17) is 9.22 Å². The Hall–Kier alpha value is -1.57. The Labute approximate surface area is 99.0 Å². The van der Waals surface area contributed by atoms with Crippen LogP contribution in [0.3, 0.4) is 0 Å². The summed E-state index contributed by atoms with van der Waals surface area (Å²) < 4.78 is 7.35. The molecule has 1 nitrogen and oxygen atoms in total. The van der Waals surface area contributed by atoms with Crippen molar-refractivity contribution in [3.63, 3.8) is 0 Å². The van der Waals surface area contributed by atoms with Crippen LogP contribution in [0.2, 0.25) is 0 Å². The van der Waals surface area contributed by atoms with E-state index in [-0.39, 0.29) is 5.95 Å². The quantitative estimate of drug-likeness (QED) is 0.655. The highest BCUT2D eigenvalue weighted by molar-refractivity contribution is 6.19. The van der Waals surface area contributed by atoms with Crippen molar-refractivity contribution in [2.75, 3.05) is 0 Å². The third-order valence-electron chi connectivity index (χ3n) is 3.09. The lowest BCUT2D eigenvalue weighted by molar-refractivity contribution is 1.17. The van der Waals surface area contributed by atoms with Gasteiger partial charge in [-0.1, -0.05) is 24.3 Å². The molecule has 0 amide bonds. The highest BCUT2D eigenvalue weighted by atomic mass is 14.7. The van der Waals surface area contributed by atoms with Crippen LogP contribution >= 0.6 is 0 Å². The Morgan fingerprint density at radius 1 is 1.25 bits per heavy atom. The van der Waals surface area contributed by atoms with Crippen molar-refractivity contribution in [1.29, 1.82) is 0 Å². The maximum absolute atomic E-state index is 7.35. The van der Waals surface area contributed by atoms with Crippen molar-refractivity contribution in [2.24, 2.45) is 0 Å². The normalized spacial score (nSPS) is 12.9. The number of rotatable bonds is 1. The lowest BCUT2D eigenvalue weighted by atomic mass is 9.99. The van der Waals surface area contributed by atoms with Gasteiger partial charge in [-0.15, -0.1) is 5.95 Å². The largest absolute Gasteiger partial charge is 0.252 e. The molecule has 0 fully saturated rings. The number of aromatic nitrogens is 1. The van der Waals surface area contributed by atoms with E-state index in [1.54, 1.807) is 6.08 Å². The number of para-hydroxylation sites is 1. The van der Waals surface area contributed by atoms with Gasteiger partial charge in [0, 0.05) is 12.5 Å². The first-order valence-electron chi connectivity index (χ1n) is 5.81. The van der Waals surface area contributed by atoms with Crippen LogP contribution < -0.4 is 0 Å². The van der Waals surface area contributed by atoms with Gasteiger partial charge in [-0.2, -0.15) is 0 Å². The average Bonchev–Trinajstić information content (AvgIpc) is 2.27. The van der Waals surface area contributed by atoms with Crippen LogP contribution in [0.4, 0.5) is 0 Å². The van der Waals surface area contributed by atoms with Crippen LogP contribution in [0.15, 0.2) is 24.2 Å². The monoisotopic (exact) mass is 208 g/mol. The summed E-state index contributed by atoms with van der Waals surface area (Å²) in [7, 11) is 5.42. The van der Waals surface area contributed by atoms with Gasteiger partial charge >= 0.3 is 0 Å². The summed E-state index contributed by atoms with van der Waals surface area (Å²) in [6.07, 6.45) is 1.64. The minimum absolute atomic E-state index is 0.0511. The van der Waals surface area contributed by atoms with Crippen molar-refractivity contribution in [3.8, 4) is 0 Å². The predicted molar refractivity (Wildman–Crippen MR) is 70.7 cm³/mol. The summed E-state index contributed by atoms with van der Waals surface area (Å²) in [5.74, 6) is 0.0511. The van der Waals surface area contributed by atoms with E-state index in [2.05, 4.69) is 24.9 Å². The van der Waals surface area contributed by atoms with Crippen LogP contribution in [-0.2, 0) is 0 Å². The van der Waals surface area contributed by atoms with Crippen molar-refractivity contribution < 1.29 is 1.37 Å². The average molecular weight is 208 g/mol. The second kappa shape index (κ2) is 4.13. The molecule has 0 saturated heterocycles.